The molecule has 0 aromatic heterocycles. The van der Waals surface area contributed by atoms with Crippen LogP contribution in [0.3, 0.4) is 0 Å². The van der Waals surface area contributed by atoms with E-state index in [2.05, 4.69) is 0 Å². The predicted octanol–water partition coefficient (Wildman–Crippen LogP) is 10.1. The molecule has 0 spiro atoms. The number of alkyl halides is 6. The molecule has 0 fully saturated rings. The van der Waals surface area contributed by atoms with Crippen molar-refractivity contribution in [2.24, 2.45) is 0 Å². The largest absolute Gasteiger partial charge is 0.457 e. The zero-order valence-electron chi connectivity index (χ0n) is 22.2. The summed E-state index contributed by atoms with van der Waals surface area (Å²) in [4.78, 5) is 1.70. The van der Waals surface area contributed by atoms with E-state index in [1.165, 1.54) is 30.3 Å². The molecule has 4 rings (SSSR count). The first-order chi connectivity index (χ1) is 19.9. The second-order valence-electron chi connectivity index (χ2n) is 9.35. The van der Waals surface area contributed by atoms with Crippen LogP contribution in [0.25, 0.3) is 0 Å². The van der Waals surface area contributed by atoms with E-state index in [-0.39, 0.29) is 23.2 Å². The highest BCUT2D eigenvalue weighted by atomic mass is 35.5. The molecule has 1 unspecified atom stereocenters. The topological polar surface area (TPSA) is 32.7 Å². The molecular weight excluding hydrogens is 600 g/mol. The van der Waals surface area contributed by atoms with Crippen LogP contribution in [0.1, 0.15) is 35.2 Å². The molecule has 1 atom stereocenters. The van der Waals surface area contributed by atoms with Gasteiger partial charge >= 0.3 is 11.7 Å². The van der Waals surface area contributed by atoms with Gasteiger partial charge in [0.2, 0.25) is 0 Å². The van der Waals surface area contributed by atoms with Gasteiger partial charge in [0.15, 0.2) is 0 Å². The molecule has 4 aromatic rings. The third-order valence-corrected chi connectivity index (χ3v) is 7.53. The van der Waals surface area contributed by atoms with E-state index in [9.17, 15) is 31.4 Å². The van der Waals surface area contributed by atoms with Crippen LogP contribution >= 0.6 is 23.4 Å². The molecule has 11 heteroatoms. The van der Waals surface area contributed by atoms with E-state index >= 15 is 0 Å². The summed E-state index contributed by atoms with van der Waals surface area (Å²) in [6.07, 6.45) is -3.84. The van der Waals surface area contributed by atoms with Gasteiger partial charge in [-0.05, 0) is 89.5 Å². The van der Waals surface area contributed by atoms with Crippen molar-refractivity contribution in [1.82, 2.24) is 0 Å². The van der Waals surface area contributed by atoms with Crippen molar-refractivity contribution in [3.8, 4) is 11.5 Å². The van der Waals surface area contributed by atoms with Crippen molar-refractivity contribution >= 4 is 29.1 Å². The number of hydrogen-bond acceptors (Lipinski definition) is 4. The number of benzene rings is 4. The van der Waals surface area contributed by atoms with Crippen LogP contribution in [0.2, 0.25) is 5.02 Å². The molecule has 3 nitrogen and oxygen atoms in total. The lowest BCUT2D eigenvalue weighted by Gasteiger charge is -2.33. The average Bonchev–Trinajstić information content (AvgIpc) is 2.93. The van der Waals surface area contributed by atoms with Crippen molar-refractivity contribution in [2.75, 3.05) is 11.5 Å². The number of aliphatic hydroxyl groups is 1. The number of nitrogens with zero attached hydrogens (tertiary/aromatic N) is 1. The highest BCUT2D eigenvalue weighted by Gasteiger charge is 2.31. The van der Waals surface area contributed by atoms with Crippen LogP contribution < -0.4 is 9.64 Å². The van der Waals surface area contributed by atoms with Crippen LogP contribution in [0, 0.1) is 0 Å². The smallest absolute Gasteiger partial charge is 0.446 e. The molecule has 0 saturated heterocycles. The van der Waals surface area contributed by atoms with E-state index in [1.807, 2.05) is 13.0 Å². The Bertz CT molecular complexity index is 1490. The average molecular weight is 626 g/mol. The molecule has 0 amide bonds. The molecule has 0 aliphatic rings. The number of thioether (sulfide) groups is 1. The van der Waals surface area contributed by atoms with Gasteiger partial charge in [0, 0.05) is 28.2 Å². The molecule has 0 aliphatic heterocycles. The number of halogens is 7. The Kier molecular flexibility index (Phi) is 10.0. The van der Waals surface area contributed by atoms with Crippen molar-refractivity contribution < 1.29 is 36.2 Å². The Morgan fingerprint density at radius 1 is 0.857 bits per heavy atom. The molecule has 1 N–H and O–H groups in total. The predicted molar refractivity (Wildman–Crippen MR) is 153 cm³/mol. The number of ether oxygens (including phenoxy) is 1. The fourth-order valence-corrected chi connectivity index (χ4v) is 5.32. The monoisotopic (exact) mass is 625 g/mol. The third-order valence-electron chi connectivity index (χ3n) is 6.44. The van der Waals surface area contributed by atoms with Gasteiger partial charge in [0.1, 0.15) is 11.5 Å². The molecule has 222 valence electrons. The Balaban J connectivity index is 1.72. The molecule has 4 aromatic carbocycles. The van der Waals surface area contributed by atoms with E-state index in [4.69, 9.17) is 16.3 Å². The first-order valence-corrected chi connectivity index (χ1v) is 14.0. The Morgan fingerprint density at radius 2 is 1.55 bits per heavy atom. The number of anilines is 1. The summed E-state index contributed by atoms with van der Waals surface area (Å²) in [5.74, 6) is 0.977. The minimum Gasteiger partial charge on any atom is -0.457 e. The van der Waals surface area contributed by atoms with Crippen LogP contribution in [-0.4, -0.2) is 17.2 Å². The summed E-state index contributed by atoms with van der Waals surface area (Å²) in [6, 6.07) is 21.6. The maximum Gasteiger partial charge on any atom is 0.446 e. The van der Waals surface area contributed by atoms with Gasteiger partial charge in [-0.25, -0.2) is 0 Å². The fraction of sp³-hybridized carbons (Fsp3) is 0.226. The molecule has 42 heavy (non-hydrogen) atoms. The normalized spacial score (nSPS) is 12.7. The summed E-state index contributed by atoms with van der Waals surface area (Å²) in [7, 11) is 0. The van der Waals surface area contributed by atoms with Crippen molar-refractivity contribution in [3.05, 3.63) is 118 Å². The summed E-state index contributed by atoms with van der Waals surface area (Å²) in [5, 5.41) is 11.1. The first kappa shape index (κ1) is 31.6. The van der Waals surface area contributed by atoms with Crippen LogP contribution in [0.15, 0.2) is 95.9 Å². The second-order valence-corrected chi connectivity index (χ2v) is 10.9. The first-order valence-electron chi connectivity index (χ1n) is 12.8. The number of aryl methyl sites for hydroxylation is 1. The van der Waals surface area contributed by atoms with E-state index < -0.39 is 29.9 Å². The Hall–Kier alpha value is -3.34. The number of rotatable bonds is 10. The van der Waals surface area contributed by atoms with Crippen LogP contribution in [0.4, 0.5) is 32.0 Å². The molecule has 0 heterocycles. The SMILES string of the molecule is CCc1cc(Oc2cccc(N(Cc3cccc(SC(F)(F)F)c3)C(CO)c3ccc(C(F)(F)F)cc3)c2)ccc1Cl. The second kappa shape index (κ2) is 13.3. The fourth-order valence-electron chi connectivity index (χ4n) is 4.44. The molecular formula is C31H26ClF6NO2S. The Labute approximate surface area is 248 Å². The summed E-state index contributed by atoms with van der Waals surface area (Å²) in [6.45, 7) is 1.52. The zero-order valence-corrected chi connectivity index (χ0v) is 23.8. The van der Waals surface area contributed by atoms with E-state index in [1.54, 1.807) is 47.4 Å². The van der Waals surface area contributed by atoms with Crippen molar-refractivity contribution in [3.63, 3.8) is 0 Å². The molecule has 0 saturated carbocycles. The molecule has 0 aliphatic carbocycles. The minimum absolute atomic E-state index is 0.0124. The lowest BCUT2D eigenvalue weighted by Crippen LogP contribution is -2.31. The Morgan fingerprint density at radius 3 is 2.19 bits per heavy atom. The molecule has 0 bridgehead atoms. The van der Waals surface area contributed by atoms with Crippen LogP contribution in [0.5, 0.6) is 11.5 Å². The number of aliphatic hydroxyl groups excluding tert-OH is 1. The standard InChI is InChI=1S/C31H26ClF6NO2S/c1-2-21-16-26(13-14-28(21)32)41-25-7-4-6-24(17-25)39(18-20-5-3-8-27(15-20)42-31(36,37)38)29(19-40)22-9-11-23(12-10-22)30(33,34)35/h3-17,29,40H,2,18-19H2,1H3. The van der Waals surface area contributed by atoms with Gasteiger partial charge in [0.05, 0.1) is 18.2 Å². The quantitative estimate of drug-likeness (QED) is 0.140. The van der Waals surface area contributed by atoms with Crippen molar-refractivity contribution in [1.29, 1.82) is 0 Å². The van der Waals surface area contributed by atoms with Gasteiger partial charge in [0.25, 0.3) is 0 Å². The van der Waals surface area contributed by atoms with E-state index in [0.29, 0.717) is 39.8 Å². The minimum atomic E-state index is -4.53. The maximum atomic E-state index is 13.2. The van der Waals surface area contributed by atoms with Gasteiger partial charge < -0.3 is 14.7 Å². The third kappa shape index (κ3) is 8.36. The summed E-state index contributed by atoms with van der Waals surface area (Å²) >= 11 is 5.98. The molecule has 0 radical (unpaired) electrons. The highest BCUT2D eigenvalue weighted by Crippen LogP contribution is 2.39. The highest BCUT2D eigenvalue weighted by molar-refractivity contribution is 8.00. The van der Waals surface area contributed by atoms with Crippen molar-refractivity contribution in [2.45, 2.75) is 42.5 Å². The van der Waals surface area contributed by atoms with Crippen LogP contribution in [-0.2, 0) is 19.1 Å². The van der Waals surface area contributed by atoms with Gasteiger partial charge in [-0.2, -0.15) is 26.3 Å². The zero-order chi connectivity index (χ0) is 30.5. The van der Waals surface area contributed by atoms with Gasteiger partial charge in [-0.1, -0.05) is 48.9 Å². The lowest BCUT2D eigenvalue weighted by atomic mass is 10.0. The maximum absolute atomic E-state index is 13.2. The van der Waals surface area contributed by atoms with E-state index in [0.717, 1.165) is 17.7 Å². The van der Waals surface area contributed by atoms with Gasteiger partial charge in [-0.3, -0.25) is 0 Å². The summed E-state index contributed by atoms with van der Waals surface area (Å²) < 4.78 is 84.8. The summed E-state index contributed by atoms with van der Waals surface area (Å²) in [5.41, 5.74) is -2.99. The van der Waals surface area contributed by atoms with Gasteiger partial charge in [-0.15, -0.1) is 0 Å². The lowest BCUT2D eigenvalue weighted by molar-refractivity contribution is -0.137. The number of hydrogen-bond donors (Lipinski definition) is 1.